The lowest BCUT2D eigenvalue weighted by Gasteiger charge is -2.19. The van der Waals surface area contributed by atoms with Crippen molar-refractivity contribution in [3.63, 3.8) is 0 Å². The van der Waals surface area contributed by atoms with Gasteiger partial charge in [-0.25, -0.2) is 0 Å². The molecule has 2 N–H and O–H groups in total. The number of rotatable bonds is 1. The second-order valence-corrected chi connectivity index (χ2v) is 4.38. The van der Waals surface area contributed by atoms with Crippen LogP contribution >= 0.6 is 15.9 Å². The number of anilines is 1. The van der Waals surface area contributed by atoms with Gasteiger partial charge in [-0.15, -0.1) is 0 Å². The summed E-state index contributed by atoms with van der Waals surface area (Å²) >= 11 is 3.40. The van der Waals surface area contributed by atoms with Gasteiger partial charge in [0.25, 0.3) is 0 Å². The lowest BCUT2D eigenvalue weighted by atomic mass is 10.2. The van der Waals surface area contributed by atoms with Crippen molar-refractivity contribution >= 4 is 27.5 Å². The Hall–Kier alpha value is -1.03. The number of benzene rings is 1. The minimum atomic E-state index is 0.358. The zero-order chi connectivity index (χ0) is 10.1. The van der Waals surface area contributed by atoms with E-state index >= 15 is 0 Å². The lowest BCUT2D eigenvalue weighted by molar-refractivity contribution is 0.723. The van der Waals surface area contributed by atoms with Crippen molar-refractivity contribution in [3.8, 4) is 0 Å². The van der Waals surface area contributed by atoms with Crippen LogP contribution in [0.5, 0.6) is 0 Å². The summed E-state index contributed by atoms with van der Waals surface area (Å²) < 4.78 is 1.07. The molecular formula is C10H12BrN3. The van der Waals surface area contributed by atoms with E-state index in [4.69, 9.17) is 5.73 Å². The van der Waals surface area contributed by atoms with Crippen molar-refractivity contribution in [1.29, 1.82) is 0 Å². The number of hydrogen-bond donors (Lipinski definition) is 1. The third-order valence-electron chi connectivity index (χ3n) is 2.25. The zero-order valence-electron chi connectivity index (χ0n) is 7.94. The minimum absolute atomic E-state index is 0.358. The molecule has 1 aliphatic rings. The van der Waals surface area contributed by atoms with Gasteiger partial charge >= 0.3 is 0 Å². The Morgan fingerprint density at radius 1 is 1.43 bits per heavy atom. The van der Waals surface area contributed by atoms with Crippen LogP contribution in [0.3, 0.4) is 0 Å². The fraction of sp³-hybridized carbons (Fsp3) is 0.300. The van der Waals surface area contributed by atoms with Crippen LogP contribution in [-0.2, 0) is 0 Å². The summed E-state index contributed by atoms with van der Waals surface area (Å²) in [7, 11) is 0. The number of halogens is 1. The summed E-state index contributed by atoms with van der Waals surface area (Å²) in [6, 6.07) is 8.43. The molecule has 4 heteroatoms. The van der Waals surface area contributed by atoms with Gasteiger partial charge in [0, 0.05) is 10.9 Å². The second-order valence-electron chi connectivity index (χ2n) is 3.47. The first-order chi connectivity index (χ1) is 6.66. The summed E-state index contributed by atoms with van der Waals surface area (Å²) in [5.41, 5.74) is 6.77. The van der Waals surface area contributed by atoms with Gasteiger partial charge in [0.15, 0.2) is 0 Å². The van der Waals surface area contributed by atoms with Crippen LogP contribution in [-0.4, -0.2) is 11.9 Å². The number of nitrogens with two attached hydrogens (primary N) is 1. The summed E-state index contributed by atoms with van der Waals surface area (Å²) in [6.07, 6.45) is 0.843. The van der Waals surface area contributed by atoms with Crippen LogP contribution in [0, 0.1) is 0 Å². The van der Waals surface area contributed by atoms with Gasteiger partial charge in [0.1, 0.15) is 5.84 Å². The Morgan fingerprint density at radius 3 is 2.57 bits per heavy atom. The molecule has 0 saturated carbocycles. The van der Waals surface area contributed by atoms with E-state index in [1.807, 2.05) is 29.3 Å². The first-order valence-electron chi connectivity index (χ1n) is 4.54. The summed E-state index contributed by atoms with van der Waals surface area (Å²) in [6.45, 7) is 2.12. The average molecular weight is 254 g/mol. The Bertz CT molecular complexity index is 358. The van der Waals surface area contributed by atoms with Gasteiger partial charge in [-0.2, -0.15) is 5.10 Å². The number of hydrazone groups is 1. The predicted molar refractivity (Wildman–Crippen MR) is 62.3 cm³/mol. The Kier molecular flexibility index (Phi) is 2.46. The smallest absolute Gasteiger partial charge is 0.122 e. The van der Waals surface area contributed by atoms with Crippen molar-refractivity contribution in [2.45, 2.75) is 19.4 Å². The highest BCUT2D eigenvalue weighted by Gasteiger charge is 2.21. The largest absolute Gasteiger partial charge is 0.386 e. The molecule has 1 aromatic carbocycles. The minimum Gasteiger partial charge on any atom is -0.386 e. The van der Waals surface area contributed by atoms with Crippen LogP contribution < -0.4 is 10.7 Å². The number of nitrogens with zero attached hydrogens (tertiary/aromatic N) is 2. The van der Waals surface area contributed by atoms with Crippen LogP contribution in [0.2, 0.25) is 0 Å². The third-order valence-corrected chi connectivity index (χ3v) is 2.78. The molecular weight excluding hydrogens is 242 g/mol. The molecule has 1 heterocycles. The maximum Gasteiger partial charge on any atom is 0.122 e. The quantitative estimate of drug-likeness (QED) is 0.835. The normalized spacial score (nSPS) is 21.1. The van der Waals surface area contributed by atoms with Crippen molar-refractivity contribution in [3.05, 3.63) is 28.7 Å². The molecule has 0 spiro atoms. The lowest BCUT2D eigenvalue weighted by Crippen LogP contribution is -2.22. The fourth-order valence-electron chi connectivity index (χ4n) is 1.57. The maximum absolute atomic E-state index is 5.68. The van der Waals surface area contributed by atoms with Gasteiger partial charge < -0.3 is 5.73 Å². The van der Waals surface area contributed by atoms with Gasteiger partial charge in [0.05, 0.1) is 11.7 Å². The van der Waals surface area contributed by atoms with Crippen LogP contribution in [0.25, 0.3) is 0 Å². The predicted octanol–water partition coefficient (Wildman–Crippen LogP) is 2.32. The van der Waals surface area contributed by atoms with Crippen LogP contribution in [0.4, 0.5) is 5.69 Å². The monoisotopic (exact) mass is 253 g/mol. The molecule has 0 amide bonds. The van der Waals surface area contributed by atoms with E-state index in [2.05, 4.69) is 28.0 Å². The molecule has 1 unspecified atom stereocenters. The highest BCUT2D eigenvalue weighted by Crippen LogP contribution is 2.24. The van der Waals surface area contributed by atoms with Crippen molar-refractivity contribution in [1.82, 2.24) is 0 Å². The Balaban J connectivity index is 2.27. The first kappa shape index (κ1) is 9.52. The molecule has 0 aromatic heterocycles. The van der Waals surface area contributed by atoms with Crippen molar-refractivity contribution in [2.75, 3.05) is 5.01 Å². The Morgan fingerprint density at radius 2 is 2.07 bits per heavy atom. The molecule has 0 saturated heterocycles. The van der Waals surface area contributed by atoms with Gasteiger partial charge in [-0.3, -0.25) is 5.01 Å². The molecule has 0 radical (unpaired) electrons. The topological polar surface area (TPSA) is 41.6 Å². The van der Waals surface area contributed by atoms with E-state index in [0.717, 1.165) is 16.6 Å². The molecule has 14 heavy (non-hydrogen) atoms. The van der Waals surface area contributed by atoms with Gasteiger partial charge in [-0.05, 0) is 31.2 Å². The SMILES string of the molecule is CC1CC(N)=NN1c1ccc(Br)cc1. The zero-order valence-corrected chi connectivity index (χ0v) is 9.53. The van der Waals surface area contributed by atoms with Crippen molar-refractivity contribution < 1.29 is 0 Å². The molecule has 74 valence electrons. The fourth-order valence-corrected chi connectivity index (χ4v) is 1.84. The van der Waals surface area contributed by atoms with E-state index in [9.17, 15) is 0 Å². The number of hydrogen-bond acceptors (Lipinski definition) is 3. The van der Waals surface area contributed by atoms with Gasteiger partial charge in [-0.1, -0.05) is 15.9 Å². The van der Waals surface area contributed by atoms with E-state index in [0.29, 0.717) is 11.9 Å². The van der Waals surface area contributed by atoms with E-state index in [1.54, 1.807) is 0 Å². The molecule has 1 aromatic rings. The van der Waals surface area contributed by atoms with E-state index < -0.39 is 0 Å². The van der Waals surface area contributed by atoms with E-state index in [1.165, 1.54) is 0 Å². The molecule has 1 atom stereocenters. The summed E-state index contributed by atoms with van der Waals surface area (Å²) in [5.74, 6) is 0.709. The maximum atomic E-state index is 5.68. The summed E-state index contributed by atoms with van der Waals surface area (Å²) in [4.78, 5) is 0. The molecule has 0 aliphatic carbocycles. The Labute approximate surface area is 91.7 Å². The first-order valence-corrected chi connectivity index (χ1v) is 5.34. The molecule has 3 nitrogen and oxygen atoms in total. The standard InChI is InChI=1S/C10H12BrN3/c1-7-6-10(12)13-14(7)9-4-2-8(11)3-5-9/h2-5,7H,6H2,1H3,(H2,12,13). The molecule has 0 bridgehead atoms. The molecule has 0 fully saturated rings. The van der Waals surface area contributed by atoms with Crippen LogP contribution in [0.15, 0.2) is 33.8 Å². The molecule has 1 aliphatic heterocycles. The van der Waals surface area contributed by atoms with Crippen molar-refractivity contribution in [2.24, 2.45) is 10.8 Å². The van der Waals surface area contributed by atoms with E-state index in [-0.39, 0.29) is 0 Å². The second kappa shape index (κ2) is 3.61. The van der Waals surface area contributed by atoms with Crippen LogP contribution in [0.1, 0.15) is 13.3 Å². The average Bonchev–Trinajstić information content (AvgIpc) is 2.47. The molecule has 2 rings (SSSR count). The summed E-state index contributed by atoms with van der Waals surface area (Å²) in [5, 5.41) is 6.24. The third kappa shape index (κ3) is 1.75. The number of amidine groups is 1. The highest BCUT2D eigenvalue weighted by molar-refractivity contribution is 9.10. The highest BCUT2D eigenvalue weighted by atomic mass is 79.9. The van der Waals surface area contributed by atoms with Gasteiger partial charge in [0.2, 0.25) is 0 Å².